The van der Waals surface area contributed by atoms with Crippen LogP contribution < -0.4 is 0 Å². The maximum Gasteiger partial charge on any atom is 0.181 e. The number of hydrogen-bond acceptors (Lipinski definition) is 2. The van der Waals surface area contributed by atoms with Crippen molar-refractivity contribution in [1.82, 2.24) is 0 Å². The Kier molecular flexibility index (Phi) is 3.06. The molecule has 0 aliphatic rings. The molecule has 0 aromatic heterocycles. The highest BCUT2D eigenvalue weighted by molar-refractivity contribution is 6.69. The van der Waals surface area contributed by atoms with E-state index in [4.69, 9.17) is 28.4 Å². The highest BCUT2D eigenvalue weighted by Crippen LogP contribution is 2.20. The van der Waals surface area contributed by atoms with Gasteiger partial charge in [-0.05, 0) is 12.1 Å². The first-order chi connectivity index (χ1) is 6.06. The third kappa shape index (κ3) is 2.08. The molecule has 1 aromatic carbocycles. The molecule has 0 unspecified atom stereocenters. The first kappa shape index (κ1) is 10.2. The van der Waals surface area contributed by atoms with E-state index in [1.165, 1.54) is 0 Å². The summed E-state index contributed by atoms with van der Waals surface area (Å²) >= 11 is 10.6. The largest absolute Gasteiger partial charge is 0.410 e. The zero-order valence-corrected chi connectivity index (χ0v) is 7.57. The molecule has 0 aliphatic carbocycles. The van der Waals surface area contributed by atoms with Gasteiger partial charge in [-0.2, -0.15) is 0 Å². The van der Waals surface area contributed by atoms with E-state index in [-0.39, 0.29) is 5.02 Å². The van der Waals surface area contributed by atoms with E-state index >= 15 is 0 Å². The normalized spacial score (nSPS) is 11.8. The predicted molar refractivity (Wildman–Crippen MR) is 45.5 cm³/mol. The van der Waals surface area contributed by atoms with Gasteiger partial charge in [0.05, 0.1) is 5.56 Å². The molecule has 0 aliphatic heterocycles. The molecule has 0 saturated carbocycles. The highest BCUT2D eigenvalue weighted by atomic mass is 35.5. The minimum Gasteiger partial charge on any atom is -0.410 e. The van der Waals surface area contributed by atoms with Gasteiger partial charge >= 0.3 is 0 Å². The lowest BCUT2D eigenvalue weighted by molar-refractivity contribution is 0.320. The lowest BCUT2D eigenvalue weighted by atomic mass is 10.2. The van der Waals surface area contributed by atoms with Gasteiger partial charge in [-0.3, -0.25) is 0 Å². The monoisotopic (exact) mass is 225 g/mol. The molecule has 1 rings (SSSR count). The topological polar surface area (TPSA) is 32.6 Å². The third-order valence-electron chi connectivity index (χ3n) is 1.30. The molecule has 1 aromatic rings. The number of rotatable bonds is 1. The van der Waals surface area contributed by atoms with Gasteiger partial charge in [0.2, 0.25) is 0 Å². The van der Waals surface area contributed by atoms with Crippen LogP contribution in [0.1, 0.15) is 5.56 Å². The first-order valence-corrected chi connectivity index (χ1v) is 3.84. The van der Waals surface area contributed by atoms with Crippen LogP contribution in [0.3, 0.4) is 0 Å². The average Bonchev–Trinajstić information content (AvgIpc) is 2.02. The molecule has 6 heteroatoms. The molecule has 1 N–H and O–H groups in total. The van der Waals surface area contributed by atoms with Crippen molar-refractivity contribution in [2.75, 3.05) is 0 Å². The van der Waals surface area contributed by atoms with Crippen molar-refractivity contribution in [3.8, 4) is 0 Å². The highest BCUT2D eigenvalue weighted by Gasteiger charge is 2.15. The van der Waals surface area contributed by atoms with Crippen molar-refractivity contribution in [3.05, 3.63) is 34.4 Å². The van der Waals surface area contributed by atoms with Gasteiger partial charge in [0.15, 0.2) is 5.17 Å². The zero-order chi connectivity index (χ0) is 10.0. The first-order valence-electron chi connectivity index (χ1n) is 3.08. The average molecular weight is 226 g/mol. The van der Waals surface area contributed by atoms with Gasteiger partial charge in [-0.15, -0.1) is 0 Å². The van der Waals surface area contributed by atoms with Gasteiger partial charge in [-0.25, -0.2) is 8.78 Å². The number of halogens is 4. The van der Waals surface area contributed by atoms with E-state index in [2.05, 4.69) is 5.16 Å². The second kappa shape index (κ2) is 3.89. The quantitative estimate of drug-likeness (QED) is 0.445. The molecule has 0 amide bonds. The Morgan fingerprint density at radius 2 is 1.77 bits per heavy atom. The summed E-state index contributed by atoms with van der Waals surface area (Å²) in [6.45, 7) is 0. The van der Waals surface area contributed by atoms with E-state index in [1.807, 2.05) is 0 Å². The van der Waals surface area contributed by atoms with Crippen molar-refractivity contribution >= 4 is 28.4 Å². The van der Waals surface area contributed by atoms with Gasteiger partial charge in [-0.1, -0.05) is 28.4 Å². The molecule has 0 radical (unpaired) electrons. The van der Waals surface area contributed by atoms with Crippen molar-refractivity contribution in [1.29, 1.82) is 0 Å². The molecule has 0 spiro atoms. The lowest BCUT2D eigenvalue weighted by Crippen LogP contribution is -2.00. The van der Waals surface area contributed by atoms with Crippen LogP contribution in [0.25, 0.3) is 0 Å². The maximum atomic E-state index is 12.9. The van der Waals surface area contributed by atoms with E-state index in [9.17, 15) is 8.78 Å². The number of hydrogen-bond donors (Lipinski definition) is 1. The fourth-order valence-electron chi connectivity index (χ4n) is 0.789. The van der Waals surface area contributed by atoms with Crippen molar-refractivity contribution in [3.63, 3.8) is 0 Å². The molecular formula is C7H3Cl2F2NO. The number of oxime groups is 1. The fourth-order valence-corrected chi connectivity index (χ4v) is 1.16. The van der Waals surface area contributed by atoms with Crippen molar-refractivity contribution in [2.24, 2.45) is 5.16 Å². The van der Waals surface area contributed by atoms with E-state index < -0.39 is 22.4 Å². The smallest absolute Gasteiger partial charge is 0.181 e. The molecule has 0 bridgehead atoms. The Morgan fingerprint density at radius 3 is 2.15 bits per heavy atom. The SMILES string of the molecule is ON=C(Cl)c1c(F)cc(Cl)cc1F. The van der Waals surface area contributed by atoms with Crippen LogP contribution in [0, 0.1) is 11.6 Å². The van der Waals surface area contributed by atoms with Crippen molar-refractivity contribution in [2.45, 2.75) is 0 Å². The predicted octanol–water partition coefficient (Wildman–Crippen LogP) is 2.99. The molecule has 0 fully saturated rings. The standard InChI is InChI=1S/C7H3Cl2F2NO/c8-3-1-4(10)6(5(11)2-3)7(9)12-13/h1-2,13H. The van der Waals surface area contributed by atoms with E-state index in [0.717, 1.165) is 12.1 Å². The Morgan fingerprint density at radius 1 is 1.31 bits per heavy atom. The molecule has 2 nitrogen and oxygen atoms in total. The molecule has 0 heterocycles. The molecule has 0 saturated heterocycles. The Labute approximate surface area is 82.4 Å². The van der Waals surface area contributed by atoms with Gasteiger partial charge in [0, 0.05) is 5.02 Å². The Bertz CT molecular complexity index is 345. The number of benzene rings is 1. The summed E-state index contributed by atoms with van der Waals surface area (Å²) in [4.78, 5) is 0. The van der Waals surface area contributed by atoms with E-state index in [0.29, 0.717) is 0 Å². The summed E-state index contributed by atoms with van der Waals surface area (Å²) in [5.74, 6) is -1.96. The fraction of sp³-hybridized carbons (Fsp3) is 0. The summed E-state index contributed by atoms with van der Waals surface area (Å²) in [5, 5.41) is 9.91. The summed E-state index contributed by atoms with van der Waals surface area (Å²) in [5.41, 5.74) is -0.603. The van der Waals surface area contributed by atoms with Gasteiger partial charge in [0.1, 0.15) is 11.6 Å². The van der Waals surface area contributed by atoms with E-state index in [1.54, 1.807) is 0 Å². The third-order valence-corrected chi connectivity index (χ3v) is 1.78. The summed E-state index contributed by atoms with van der Waals surface area (Å²) in [7, 11) is 0. The summed E-state index contributed by atoms with van der Waals surface area (Å²) in [6, 6.07) is 1.74. The second-order valence-corrected chi connectivity index (χ2v) is 2.93. The van der Waals surface area contributed by atoms with Crippen LogP contribution >= 0.6 is 23.2 Å². The minimum absolute atomic E-state index is 0.0962. The van der Waals surface area contributed by atoms with Crippen LogP contribution in [-0.4, -0.2) is 10.4 Å². The number of nitrogens with zero attached hydrogens (tertiary/aromatic N) is 1. The van der Waals surface area contributed by atoms with Gasteiger partial charge < -0.3 is 5.21 Å². The lowest BCUT2D eigenvalue weighted by Gasteiger charge is -2.01. The second-order valence-electron chi connectivity index (χ2n) is 2.14. The van der Waals surface area contributed by atoms with Crippen LogP contribution in [0.5, 0.6) is 0 Å². The van der Waals surface area contributed by atoms with Crippen LogP contribution in [0.2, 0.25) is 5.02 Å². The molecule has 13 heavy (non-hydrogen) atoms. The Hall–Kier alpha value is -0.870. The van der Waals surface area contributed by atoms with Crippen LogP contribution in [-0.2, 0) is 0 Å². The molecule has 70 valence electrons. The molecular weight excluding hydrogens is 223 g/mol. The zero-order valence-electron chi connectivity index (χ0n) is 6.06. The van der Waals surface area contributed by atoms with Gasteiger partial charge in [0.25, 0.3) is 0 Å². The maximum absolute atomic E-state index is 12.9. The minimum atomic E-state index is -0.979. The summed E-state index contributed by atoms with van der Waals surface area (Å²) in [6.07, 6.45) is 0. The van der Waals surface area contributed by atoms with Crippen molar-refractivity contribution < 1.29 is 14.0 Å². The Balaban J connectivity index is 3.37. The summed E-state index contributed by atoms with van der Waals surface area (Å²) < 4.78 is 25.9. The van der Waals surface area contributed by atoms with Crippen LogP contribution in [0.4, 0.5) is 8.78 Å². The molecule has 0 atom stereocenters. The van der Waals surface area contributed by atoms with Crippen LogP contribution in [0.15, 0.2) is 17.3 Å².